The van der Waals surface area contributed by atoms with E-state index in [9.17, 15) is 0 Å². The largest absolute Gasteiger partial charge is 0.359 e. The van der Waals surface area contributed by atoms with Crippen molar-refractivity contribution in [2.45, 2.75) is 39.5 Å². The molecule has 0 saturated heterocycles. The summed E-state index contributed by atoms with van der Waals surface area (Å²) < 4.78 is 5.13. The van der Waals surface area contributed by atoms with Gasteiger partial charge in [0, 0.05) is 4.88 Å². The fraction of sp³-hybridized carbons (Fsp3) is 0.500. The van der Waals surface area contributed by atoms with Crippen molar-refractivity contribution in [3.05, 3.63) is 22.0 Å². The second-order valence-electron chi connectivity index (χ2n) is 4.42. The van der Waals surface area contributed by atoms with Crippen molar-refractivity contribution in [2.24, 2.45) is 0 Å². The molecule has 3 rings (SSSR count). The van der Waals surface area contributed by atoms with Gasteiger partial charge >= 0.3 is 0 Å². The highest BCUT2D eigenvalue weighted by molar-refractivity contribution is 7.15. The number of thiazole rings is 1. The highest BCUT2D eigenvalue weighted by Crippen LogP contribution is 2.32. The van der Waals surface area contributed by atoms with Crippen LogP contribution in [-0.4, -0.2) is 10.1 Å². The van der Waals surface area contributed by atoms with E-state index in [-0.39, 0.29) is 0 Å². The Kier molecular flexibility index (Phi) is 2.63. The van der Waals surface area contributed by atoms with E-state index in [4.69, 9.17) is 4.52 Å². The van der Waals surface area contributed by atoms with Gasteiger partial charge in [0.25, 0.3) is 0 Å². The first kappa shape index (κ1) is 10.8. The standard InChI is InChI=1S/C12H15N3OS/c1-7-11(8(2)16-15-7)14-12-13-9-5-3-4-6-10(9)17-12/h3-6H2,1-2H3,(H,13,14). The summed E-state index contributed by atoms with van der Waals surface area (Å²) in [6.45, 7) is 3.85. The first-order chi connectivity index (χ1) is 8.24. The molecule has 5 heteroatoms. The van der Waals surface area contributed by atoms with Crippen LogP contribution in [-0.2, 0) is 12.8 Å². The average molecular weight is 249 g/mol. The minimum absolute atomic E-state index is 0.815. The van der Waals surface area contributed by atoms with Crippen LogP contribution in [0.3, 0.4) is 0 Å². The molecule has 4 nitrogen and oxygen atoms in total. The van der Waals surface area contributed by atoms with Gasteiger partial charge < -0.3 is 9.84 Å². The Labute approximate surface area is 104 Å². The summed E-state index contributed by atoms with van der Waals surface area (Å²) in [6.07, 6.45) is 4.85. The summed E-state index contributed by atoms with van der Waals surface area (Å²) in [4.78, 5) is 6.08. The van der Waals surface area contributed by atoms with Crippen LogP contribution in [0.25, 0.3) is 0 Å². The first-order valence-corrected chi connectivity index (χ1v) is 6.74. The molecule has 0 bridgehead atoms. The molecular formula is C12H15N3OS. The molecule has 0 aliphatic heterocycles. The van der Waals surface area contributed by atoms with Crippen molar-refractivity contribution in [3.8, 4) is 0 Å². The van der Waals surface area contributed by atoms with Gasteiger partial charge in [-0.1, -0.05) is 5.16 Å². The van der Waals surface area contributed by atoms with Crippen LogP contribution >= 0.6 is 11.3 Å². The molecule has 0 unspecified atom stereocenters. The number of fused-ring (bicyclic) bond motifs is 1. The zero-order chi connectivity index (χ0) is 11.8. The molecule has 0 amide bonds. The summed E-state index contributed by atoms with van der Waals surface area (Å²) in [7, 11) is 0. The van der Waals surface area contributed by atoms with Crippen molar-refractivity contribution >= 4 is 22.2 Å². The van der Waals surface area contributed by atoms with Gasteiger partial charge in [-0.3, -0.25) is 0 Å². The minimum atomic E-state index is 0.815. The maximum atomic E-state index is 5.13. The van der Waals surface area contributed by atoms with Crippen molar-refractivity contribution < 1.29 is 4.52 Å². The van der Waals surface area contributed by atoms with Gasteiger partial charge in [-0.05, 0) is 39.5 Å². The predicted octanol–water partition coefficient (Wildman–Crippen LogP) is 3.37. The van der Waals surface area contributed by atoms with E-state index in [0.717, 1.165) is 28.7 Å². The first-order valence-electron chi connectivity index (χ1n) is 5.92. The number of hydrogen-bond donors (Lipinski definition) is 1. The molecule has 0 saturated carbocycles. The summed E-state index contributed by atoms with van der Waals surface area (Å²) >= 11 is 1.76. The van der Waals surface area contributed by atoms with Crippen LogP contribution in [0.15, 0.2) is 4.52 Å². The van der Waals surface area contributed by atoms with E-state index in [1.54, 1.807) is 11.3 Å². The molecule has 0 aromatic carbocycles. The third-order valence-electron chi connectivity index (χ3n) is 3.11. The van der Waals surface area contributed by atoms with Gasteiger partial charge in [0.2, 0.25) is 0 Å². The van der Waals surface area contributed by atoms with Crippen LogP contribution in [0, 0.1) is 13.8 Å². The predicted molar refractivity (Wildman–Crippen MR) is 68.0 cm³/mol. The molecular weight excluding hydrogens is 234 g/mol. The Morgan fingerprint density at radius 3 is 2.76 bits per heavy atom. The van der Waals surface area contributed by atoms with E-state index in [1.165, 1.54) is 29.8 Å². The number of aromatic nitrogens is 2. The van der Waals surface area contributed by atoms with E-state index in [1.807, 2.05) is 13.8 Å². The van der Waals surface area contributed by atoms with Gasteiger partial charge in [0.15, 0.2) is 10.9 Å². The molecule has 0 spiro atoms. The van der Waals surface area contributed by atoms with Gasteiger partial charge in [-0.25, -0.2) is 4.98 Å². The molecule has 0 atom stereocenters. The lowest BCUT2D eigenvalue weighted by molar-refractivity contribution is 0.393. The van der Waals surface area contributed by atoms with Crippen molar-refractivity contribution in [2.75, 3.05) is 5.32 Å². The lowest BCUT2D eigenvalue weighted by Crippen LogP contribution is -1.99. The lowest BCUT2D eigenvalue weighted by atomic mass is 10.0. The van der Waals surface area contributed by atoms with Gasteiger partial charge in [0.1, 0.15) is 11.4 Å². The summed E-state index contributed by atoms with van der Waals surface area (Å²) in [5, 5.41) is 8.23. The second kappa shape index (κ2) is 4.14. The van der Waals surface area contributed by atoms with E-state index in [0.29, 0.717) is 0 Å². The Morgan fingerprint density at radius 2 is 2.06 bits per heavy atom. The van der Waals surface area contributed by atoms with E-state index < -0.39 is 0 Å². The molecule has 90 valence electrons. The van der Waals surface area contributed by atoms with Crippen LogP contribution < -0.4 is 5.32 Å². The lowest BCUT2D eigenvalue weighted by Gasteiger charge is -2.06. The molecule has 0 radical (unpaired) electrons. The van der Waals surface area contributed by atoms with Crippen molar-refractivity contribution in [1.29, 1.82) is 0 Å². The third kappa shape index (κ3) is 1.95. The average Bonchev–Trinajstić information content (AvgIpc) is 2.87. The van der Waals surface area contributed by atoms with Crippen LogP contribution in [0.1, 0.15) is 34.9 Å². The molecule has 1 N–H and O–H groups in total. The quantitative estimate of drug-likeness (QED) is 0.886. The van der Waals surface area contributed by atoms with Gasteiger partial charge in [-0.2, -0.15) is 0 Å². The van der Waals surface area contributed by atoms with Crippen LogP contribution in [0.2, 0.25) is 0 Å². The normalized spacial score (nSPS) is 14.7. The molecule has 2 heterocycles. The molecule has 1 aliphatic rings. The highest BCUT2D eigenvalue weighted by atomic mass is 32.1. The number of anilines is 2. The van der Waals surface area contributed by atoms with E-state index >= 15 is 0 Å². The molecule has 2 aromatic heterocycles. The third-order valence-corrected chi connectivity index (χ3v) is 4.18. The zero-order valence-corrected chi connectivity index (χ0v) is 10.9. The Hall–Kier alpha value is -1.36. The number of nitrogens with one attached hydrogen (secondary N) is 1. The van der Waals surface area contributed by atoms with Gasteiger partial charge in [0.05, 0.1) is 5.69 Å². The maximum Gasteiger partial charge on any atom is 0.187 e. The Morgan fingerprint density at radius 1 is 1.24 bits per heavy atom. The monoisotopic (exact) mass is 249 g/mol. The maximum absolute atomic E-state index is 5.13. The second-order valence-corrected chi connectivity index (χ2v) is 5.50. The van der Waals surface area contributed by atoms with Gasteiger partial charge in [-0.15, -0.1) is 11.3 Å². The summed E-state index contributed by atoms with van der Waals surface area (Å²) in [5.74, 6) is 0.815. The zero-order valence-electron chi connectivity index (χ0n) is 10.0. The molecule has 2 aromatic rings. The summed E-state index contributed by atoms with van der Waals surface area (Å²) in [5.41, 5.74) is 3.11. The molecule has 1 aliphatic carbocycles. The van der Waals surface area contributed by atoms with Crippen molar-refractivity contribution in [1.82, 2.24) is 10.1 Å². The number of hydrogen-bond acceptors (Lipinski definition) is 5. The van der Waals surface area contributed by atoms with Crippen LogP contribution in [0.4, 0.5) is 10.8 Å². The fourth-order valence-electron chi connectivity index (χ4n) is 2.17. The summed E-state index contributed by atoms with van der Waals surface area (Å²) in [6, 6.07) is 0. The number of nitrogens with zero attached hydrogens (tertiary/aromatic N) is 2. The SMILES string of the molecule is Cc1noc(C)c1Nc1nc2c(s1)CCCC2. The Balaban J connectivity index is 1.88. The number of aryl methyl sites for hydroxylation is 4. The van der Waals surface area contributed by atoms with Crippen LogP contribution in [0.5, 0.6) is 0 Å². The van der Waals surface area contributed by atoms with E-state index in [2.05, 4.69) is 15.5 Å². The highest BCUT2D eigenvalue weighted by Gasteiger charge is 2.17. The topological polar surface area (TPSA) is 51.0 Å². The molecule has 17 heavy (non-hydrogen) atoms. The minimum Gasteiger partial charge on any atom is -0.359 e. The Bertz CT molecular complexity index is 501. The molecule has 0 fully saturated rings. The van der Waals surface area contributed by atoms with Crippen molar-refractivity contribution in [3.63, 3.8) is 0 Å². The fourth-order valence-corrected chi connectivity index (χ4v) is 3.23. The smallest absolute Gasteiger partial charge is 0.187 e. The number of rotatable bonds is 2.